The maximum absolute atomic E-state index is 5.53. The van der Waals surface area contributed by atoms with Crippen LogP contribution < -0.4 is 10.1 Å². The number of hydrogen-bond acceptors (Lipinski definition) is 3. The van der Waals surface area contributed by atoms with Gasteiger partial charge in [-0.1, -0.05) is 84.9 Å². The molecular formula is C27H28N2O. The number of nitrogens with one attached hydrogen (secondary N) is 1. The lowest BCUT2D eigenvalue weighted by atomic mass is 9.74. The number of benzene rings is 3. The van der Waals surface area contributed by atoms with Gasteiger partial charge in [0.15, 0.2) is 0 Å². The number of hydrogen-bond donors (Lipinski definition) is 1. The molecule has 3 aliphatic heterocycles. The van der Waals surface area contributed by atoms with E-state index in [1.54, 1.807) is 7.11 Å². The van der Waals surface area contributed by atoms with E-state index in [0.29, 0.717) is 18.0 Å². The Morgan fingerprint density at radius 2 is 1.47 bits per heavy atom. The van der Waals surface area contributed by atoms with Crippen molar-refractivity contribution in [3.8, 4) is 5.75 Å². The second-order valence-electron chi connectivity index (χ2n) is 8.32. The van der Waals surface area contributed by atoms with Gasteiger partial charge < -0.3 is 10.1 Å². The van der Waals surface area contributed by atoms with Gasteiger partial charge in [-0.05, 0) is 22.8 Å². The van der Waals surface area contributed by atoms with Crippen LogP contribution in [0, 0.1) is 0 Å². The Bertz CT molecular complexity index is 1000. The van der Waals surface area contributed by atoms with Crippen LogP contribution in [-0.4, -0.2) is 37.2 Å². The molecule has 6 rings (SSSR count). The largest absolute Gasteiger partial charge is 0.496 e. The zero-order chi connectivity index (χ0) is 20.3. The third kappa shape index (κ3) is 3.91. The molecule has 0 spiro atoms. The van der Waals surface area contributed by atoms with Crippen LogP contribution in [0.25, 0.3) is 12.2 Å². The van der Waals surface area contributed by atoms with Crippen LogP contribution in [0.2, 0.25) is 0 Å². The summed E-state index contributed by atoms with van der Waals surface area (Å²) in [5, 5.41) is 3.75. The molecule has 3 aromatic rings. The Kier molecular flexibility index (Phi) is 5.39. The van der Waals surface area contributed by atoms with Gasteiger partial charge in [0.25, 0.3) is 0 Å². The second-order valence-corrected chi connectivity index (χ2v) is 8.32. The molecule has 3 saturated heterocycles. The standard InChI is InChI=1S/C27H28N2O/c1-30-26-10-6-5-9-23(26)17-29-18-24-27(25(19-29)28-24)22-15-13-21(14-16-22)12-11-20-7-3-2-4-8-20/h2-16,24-25,27-28H,17-19H2,1H3/b12-11+/t24-,25+,27?. The third-order valence-electron chi connectivity index (χ3n) is 6.38. The maximum Gasteiger partial charge on any atom is 0.123 e. The number of fused-ring (bicyclic) bond motifs is 2. The number of para-hydroxylation sites is 1. The summed E-state index contributed by atoms with van der Waals surface area (Å²) in [6, 6.07) is 29.0. The molecular weight excluding hydrogens is 368 g/mol. The first-order chi connectivity index (χ1) is 14.8. The Morgan fingerprint density at radius 1 is 0.833 bits per heavy atom. The first-order valence-electron chi connectivity index (χ1n) is 10.7. The van der Waals surface area contributed by atoms with Crippen LogP contribution in [0.1, 0.15) is 28.2 Å². The average Bonchev–Trinajstić information content (AvgIpc) is 2.80. The number of nitrogens with zero attached hydrogens (tertiary/aromatic N) is 1. The molecule has 0 amide bonds. The number of rotatable bonds is 6. The average molecular weight is 397 g/mol. The Labute approximate surface area is 179 Å². The fraction of sp³-hybridized carbons (Fsp3) is 0.259. The van der Waals surface area contributed by atoms with Crippen LogP contribution in [0.15, 0.2) is 78.9 Å². The number of ether oxygens (including phenoxy) is 1. The molecule has 152 valence electrons. The minimum atomic E-state index is 0.532. The van der Waals surface area contributed by atoms with Gasteiger partial charge in [0, 0.05) is 43.2 Å². The van der Waals surface area contributed by atoms with Gasteiger partial charge in [-0.3, -0.25) is 4.90 Å². The van der Waals surface area contributed by atoms with Gasteiger partial charge in [0.1, 0.15) is 5.75 Å². The van der Waals surface area contributed by atoms with Gasteiger partial charge in [-0.25, -0.2) is 0 Å². The summed E-state index contributed by atoms with van der Waals surface area (Å²) in [5.74, 6) is 1.60. The molecule has 1 N–H and O–H groups in total. The van der Waals surface area contributed by atoms with Crippen molar-refractivity contribution in [2.75, 3.05) is 20.2 Å². The van der Waals surface area contributed by atoms with Crippen LogP contribution in [-0.2, 0) is 6.54 Å². The first kappa shape index (κ1) is 19.1. The van der Waals surface area contributed by atoms with E-state index in [2.05, 4.69) is 89.1 Å². The van der Waals surface area contributed by atoms with Gasteiger partial charge in [-0.15, -0.1) is 0 Å². The highest BCUT2D eigenvalue weighted by atomic mass is 16.5. The summed E-state index contributed by atoms with van der Waals surface area (Å²) >= 11 is 0. The van der Waals surface area contributed by atoms with Crippen LogP contribution >= 0.6 is 0 Å². The van der Waals surface area contributed by atoms with E-state index in [4.69, 9.17) is 4.74 Å². The highest BCUT2D eigenvalue weighted by Gasteiger charge is 2.46. The Hall–Kier alpha value is -2.88. The molecule has 1 unspecified atom stereocenters. The SMILES string of the molecule is COc1ccccc1CN1C[C@@H]2N[C@H](C1)C2c1ccc(/C=C/c2ccccc2)cc1. The van der Waals surface area contributed by atoms with E-state index in [-0.39, 0.29) is 0 Å². The van der Waals surface area contributed by atoms with Gasteiger partial charge in [0.05, 0.1) is 7.11 Å². The summed E-state index contributed by atoms with van der Waals surface area (Å²) in [4.78, 5) is 2.55. The zero-order valence-electron chi connectivity index (χ0n) is 17.4. The summed E-state index contributed by atoms with van der Waals surface area (Å²) in [6.07, 6.45) is 4.36. The second kappa shape index (κ2) is 8.47. The minimum absolute atomic E-state index is 0.532. The van der Waals surface area contributed by atoms with Crippen molar-refractivity contribution in [2.45, 2.75) is 24.5 Å². The molecule has 0 aromatic heterocycles. The lowest BCUT2D eigenvalue weighted by molar-refractivity contribution is 0.0466. The summed E-state index contributed by atoms with van der Waals surface area (Å²) in [6.45, 7) is 3.11. The summed E-state index contributed by atoms with van der Waals surface area (Å²) < 4.78 is 5.53. The van der Waals surface area contributed by atoms with Crippen molar-refractivity contribution in [1.82, 2.24) is 10.2 Å². The molecule has 0 radical (unpaired) electrons. The molecule has 3 fully saturated rings. The fourth-order valence-electron chi connectivity index (χ4n) is 4.86. The van der Waals surface area contributed by atoms with Crippen molar-refractivity contribution >= 4 is 12.2 Å². The van der Waals surface area contributed by atoms with E-state index >= 15 is 0 Å². The van der Waals surface area contributed by atoms with Crippen molar-refractivity contribution in [3.63, 3.8) is 0 Å². The first-order valence-corrected chi connectivity index (χ1v) is 10.7. The lowest BCUT2D eigenvalue weighted by Crippen LogP contribution is -2.71. The third-order valence-corrected chi connectivity index (χ3v) is 6.38. The van der Waals surface area contributed by atoms with Crippen molar-refractivity contribution in [2.24, 2.45) is 0 Å². The van der Waals surface area contributed by atoms with Crippen molar-refractivity contribution < 1.29 is 4.74 Å². The Morgan fingerprint density at radius 3 is 2.17 bits per heavy atom. The molecule has 3 heterocycles. The minimum Gasteiger partial charge on any atom is -0.496 e. The Balaban J connectivity index is 1.22. The van der Waals surface area contributed by atoms with Gasteiger partial charge in [0.2, 0.25) is 0 Å². The van der Waals surface area contributed by atoms with Crippen molar-refractivity contribution in [1.29, 1.82) is 0 Å². The predicted octanol–water partition coefficient (Wildman–Crippen LogP) is 4.81. The molecule has 3 aromatic carbocycles. The van der Waals surface area contributed by atoms with E-state index < -0.39 is 0 Å². The number of piperazine rings is 1. The molecule has 3 nitrogen and oxygen atoms in total. The summed E-state index contributed by atoms with van der Waals surface area (Å²) in [5.41, 5.74) is 5.21. The highest BCUT2D eigenvalue weighted by molar-refractivity contribution is 5.69. The van der Waals surface area contributed by atoms with Crippen LogP contribution in [0.3, 0.4) is 0 Å². The predicted molar refractivity (Wildman–Crippen MR) is 124 cm³/mol. The molecule has 2 bridgehead atoms. The van der Waals surface area contributed by atoms with Gasteiger partial charge in [-0.2, -0.15) is 0 Å². The zero-order valence-corrected chi connectivity index (χ0v) is 17.4. The maximum atomic E-state index is 5.53. The number of methoxy groups -OCH3 is 1. The van der Waals surface area contributed by atoms with E-state index in [0.717, 1.165) is 25.4 Å². The molecule has 0 saturated carbocycles. The lowest BCUT2D eigenvalue weighted by Gasteiger charge is -2.55. The number of piperidine rings is 1. The molecule has 30 heavy (non-hydrogen) atoms. The van der Waals surface area contributed by atoms with Crippen LogP contribution in [0.4, 0.5) is 0 Å². The smallest absolute Gasteiger partial charge is 0.123 e. The normalized spacial score (nSPS) is 23.3. The monoisotopic (exact) mass is 396 g/mol. The summed E-state index contributed by atoms with van der Waals surface area (Å²) in [7, 11) is 1.75. The fourth-order valence-corrected chi connectivity index (χ4v) is 4.86. The van der Waals surface area contributed by atoms with E-state index in [1.807, 2.05) is 12.1 Å². The van der Waals surface area contributed by atoms with E-state index in [1.165, 1.54) is 22.3 Å². The highest BCUT2D eigenvalue weighted by Crippen LogP contribution is 2.37. The molecule has 3 aliphatic rings. The molecule has 3 heteroatoms. The van der Waals surface area contributed by atoms with Crippen molar-refractivity contribution in [3.05, 3.63) is 101 Å². The quantitative estimate of drug-likeness (QED) is 0.606. The molecule has 0 aliphatic carbocycles. The van der Waals surface area contributed by atoms with Crippen LogP contribution in [0.5, 0.6) is 5.75 Å². The topological polar surface area (TPSA) is 24.5 Å². The van der Waals surface area contributed by atoms with E-state index in [9.17, 15) is 0 Å². The molecule has 3 atom stereocenters. The van der Waals surface area contributed by atoms with Gasteiger partial charge >= 0.3 is 0 Å².